The minimum absolute atomic E-state index is 0.125. The summed E-state index contributed by atoms with van der Waals surface area (Å²) < 4.78 is 14.9. The Morgan fingerprint density at radius 3 is 2.89 bits per heavy atom. The molecule has 0 radical (unpaired) electrons. The maximum atomic E-state index is 11.6. The number of carbonyl (C=O) groups excluding carboxylic acids is 2. The van der Waals surface area contributed by atoms with Crippen LogP contribution in [0.3, 0.4) is 0 Å². The Bertz CT molecular complexity index is 485. The predicted molar refractivity (Wildman–Crippen MR) is 62.2 cm³/mol. The van der Waals surface area contributed by atoms with Crippen LogP contribution in [-0.4, -0.2) is 31.8 Å². The molecule has 1 fully saturated rings. The number of nitrogens with two attached hydrogens (primary N) is 1. The first-order valence-electron chi connectivity index (χ1n) is 5.43. The number of anilines is 1. The number of benzene rings is 1. The van der Waals surface area contributed by atoms with Gasteiger partial charge >= 0.3 is 11.9 Å². The fourth-order valence-corrected chi connectivity index (χ4v) is 1.70. The zero-order valence-corrected chi connectivity index (χ0v) is 9.84. The van der Waals surface area contributed by atoms with Gasteiger partial charge in [0.1, 0.15) is 11.3 Å². The third-order valence-electron chi connectivity index (χ3n) is 2.60. The minimum atomic E-state index is -0.699. The zero-order chi connectivity index (χ0) is 13.1. The summed E-state index contributed by atoms with van der Waals surface area (Å²) in [5.41, 5.74) is 6.08. The number of ether oxygens (including phenoxy) is 3. The molecule has 0 aliphatic carbocycles. The van der Waals surface area contributed by atoms with E-state index in [2.05, 4.69) is 4.74 Å². The fraction of sp³-hybridized carbons (Fsp3) is 0.333. The highest BCUT2D eigenvalue weighted by atomic mass is 16.6. The summed E-state index contributed by atoms with van der Waals surface area (Å²) in [7, 11) is 1.25. The van der Waals surface area contributed by atoms with Crippen LogP contribution in [0, 0.1) is 0 Å². The van der Waals surface area contributed by atoms with E-state index in [1.165, 1.54) is 7.11 Å². The number of hydrogen-bond acceptors (Lipinski definition) is 6. The third kappa shape index (κ3) is 2.22. The van der Waals surface area contributed by atoms with Crippen molar-refractivity contribution in [2.45, 2.75) is 12.5 Å². The van der Waals surface area contributed by atoms with Crippen LogP contribution < -0.4 is 10.5 Å². The molecule has 1 unspecified atom stereocenters. The first-order chi connectivity index (χ1) is 8.63. The van der Waals surface area contributed by atoms with E-state index < -0.39 is 18.0 Å². The predicted octanol–water partition coefficient (Wildman–Crippen LogP) is 0.750. The van der Waals surface area contributed by atoms with Gasteiger partial charge in [0.15, 0.2) is 6.10 Å². The first kappa shape index (κ1) is 12.2. The van der Waals surface area contributed by atoms with Crippen LogP contribution in [0.15, 0.2) is 18.2 Å². The lowest BCUT2D eigenvalue weighted by atomic mass is 10.1. The highest BCUT2D eigenvalue weighted by Crippen LogP contribution is 2.27. The number of rotatable bonds is 3. The van der Waals surface area contributed by atoms with Gasteiger partial charge in [-0.3, -0.25) is 0 Å². The van der Waals surface area contributed by atoms with Gasteiger partial charge in [-0.15, -0.1) is 0 Å². The summed E-state index contributed by atoms with van der Waals surface area (Å²) in [4.78, 5) is 22.9. The van der Waals surface area contributed by atoms with E-state index in [9.17, 15) is 9.59 Å². The van der Waals surface area contributed by atoms with E-state index in [4.69, 9.17) is 15.2 Å². The quantitative estimate of drug-likeness (QED) is 0.630. The summed E-state index contributed by atoms with van der Waals surface area (Å²) in [5, 5.41) is 0. The van der Waals surface area contributed by atoms with E-state index in [1.807, 2.05) is 0 Å². The molecule has 18 heavy (non-hydrogen) atoms. The second-order valence-electron chi connectivity index (χ2n) is 3.77. The van der Waals surface area contributed by atoms with E-state index in [0.29, 0.717) is 13.0 Å². The molecule has 1 aromatic rings. The molecule has 6 heteroatoms. The Morgan fingerprint density at radius 1 is 1.50 bits per heavy atom. The Kier molecular flexibility index (Phi) is 3.36. The second-order valence-corrected chi connectivity index (χ2v) is 3.77. The van der Waals surface area contributed by atoms with Crippen molar-refractivity contribution in [1.82, 2.24) is 0 Å². The molecule has 0 amide bonds. The van der Waals surface area contributed by atoms with Gasteiger partial charge < -0.3 is 19.9 Å². The Balaban J connectivity index is 2.29. The van der Waals surface area contributed by atoms with Crippen molar-refractivity contribution >= 4 is 17.6 Å². The summed E-state index contributed by atoms with van der Waals surface area (Å²) >= 11 is 0. The van der Waals surface area contributed by atoms with Crippen molar-refractivity contribution in [2.75, 3.05) is 19.5 Å². The normalized spacial score (nSPS) is 18.3. The van der Waals surface area contributed by atoms with Crippen LogP contribution in [0.2, 0.25) is 0 Å². The fourth-order valence-electron chi connectivity index (χ4n) is 1.70. The third-order valence-corrected chi connectivity index (χ3v) is 2.60. The number of methoxy groups -OCH3 is 1. The van der Waals surface area contributed by atoms with Crippen LogP contribution in [-0.2, 0) is 14.3 Å². The van der Waals surface area contributed by atoms with Crippen molar-refractivity contribution in [3.63, 3.8) is 0 Å². The van der Waals surface area contributed by atoms with Gasteiger partial charge in [-0.05, 0) is 12.1 Å². The van der Waals surface area contributed by atoms with Crippen LogP contribution in [0.25, 0.3) is 0 Å². The number of hydrogen-bond donors (Lipinski definition) is 1. The zero-order valence-electron chi connectivity index (χ0n) is 9.84. The van der Waals surface area contributed by atoms with Crippen LogP contribution in [0.1, 0.15) is 16.8 Å². The maximum Gasteiger partial charge on any atom is 0.347 e. The maximum absolute atomic E-state index is 11.6. The van der Waals surface area contributed by atoms with Gasteiger partial charge in [0, 0.05) is 12.1 Å². The van der Waals surface area contributed by atoms with Crippen molar-refractivity contribution in [3.8, 4) is 5.75 Å². The molecule has 0 bridgehead atoms. The Hall–Kier alpha value is -2.24. The van der Waals surface area contributed by atoms with Crippen molar-refractivity contribution in [3.05, 3.63) is 23.8 Å². The standard InChI is InChI=1S/C12H13NO5/c1-16-12(15)10-7(13)3-2-4-8(10)18-9-5-6-17-11(9)14/h2-4,9H,5-6,13H2,1H3. The molecule has 1 aliphatic heterocycles. The topological polar surface area (TPSA) is 87.8 Å². The van der Waals surface area contributed by atoms with Gasteiger partial charge in [0.2, 0.25) is 0 Å². The van der Waals surface area contributed by atoms with Gasteiger partial charge in [-0.25, -0.2) is 9.59 Å². The van der Waals surface area contributed by atoms with E-state index in [1.54, 1.807) is 18.2 Å². The van der Waals surface area contributed by atoms with Crippen molar-refractivity contribution < 1.29 is 23.8 Å². The molecular weight excluding hydrogens is 238 g/mol. The minimum Gasteiger partial charge on any atom is -0.478 e. The van der Waals surface area contributed by atoms with Crippen LogP contribution >= 0.6 is 0 Å². The SMILES string of the molecule is COC(=O)c1c(N)cccc1OC1CCOC1=O. The highest BCUT2D eigenvalue weighted by molar-refractivity contribution is 5.98. The molecule has 1 aliphatic rings. The lowest BCUT2D eigenvalue weighted by Crippen LogP contribution is -2.23. The molecule has 0 saturated carbocycles. The van der Waals surface area contributed by atoms with E-state index in [-0.39, 0.29) is 17.0 Å². The van der Waals surface area contributed by atoms with Crippen molar-refractivity contribution in [2.24, 2.45) is 0 Å². The smallest absolute Gasteiger partial charge is 0.347 e. The number of nitrogen functional groups attached to an aromatic ring is 1. The highest BCUT2D eigenvalue weighted by Gasteiger charge is 2.30. The average molecular weight is 251 g/mol. The number of carbonyl (C=O) groups is 2. The summed E-state index contributed by atoms with van der Waals surface area (Å²) in [6.07, 6.45) is -0.246. The Labute approximate surface area is 104 Å². The first-order valence-corrected chi connectivity index (χ1v) is 5.43. The molecule has 2 rings (SSSR count). The van der Waals surface area contributed by atoms with E-state index >= 15 is 0 Å². The van der Waals surface area contributed by atoms with Gasteiger partial charge in [0.25, 0.3) is 0 Å². The molecule has 1 saturated heterocycles. The molecule has 1 heterocycles. The number of esters is 2. The lowest BCUT2D eigenvalue weighted by Gasteiger charge is -2.14. The molecule has 96 valence electrons. The second kappa shape index (κ2) is 4.95. The molecule has 0 spiro atoms. The molecule has 2 N–H and O–H groups in total. The molecule has 6 nitrogen and oxygen atoms in total. The molecule has 0 aromatic heterocycles. The average Bonchev–Trinajstić information content (AvgIpc) is 2.74. The van der Waals surface area contributed by atoms with Gasteiger partial charge in [0.05, 0.1) is 13.7 Å². The Morgan fingerprint density at radius 2 is 2.28 bits per heavy atom. The van der Waals surface area contributed by atoms with Gasteiger partial charge in [-0.2, -0.15) is 0 Å². The monoisotopic (exact) mass is 251 g/mol. The number of cyclic esters (lactones) is 1. The lowest BCUT2D eigenvalue weighted by molar-refractivity contribution is -0.143. The summed E-state index contributed by atoms with van der Waals surface area (Å²) in [6.45, 7) is 0.319. The molecular formula is C12H13NO5. The van der Waals surface area contributed by atoms with E-state index in [0.717, 1.165) is 0 Å². The largest absolute Gasteiger partial charge is 0.478 e. The van der Waals surface area contributed by atoms with Crippen LogP contribution in [0.4, 0.5) is 5.69 Å². The summed E-state index contributed by atoms with van der Waals surface area (Å²) in [5.74, 6) is -0.812. The van der Waals surface area contributed by atoms with Gasteiger partial charge in [-0.1, -0.05) is 6.07 Å². The molecule has 1 aromatic carbocycles. The summed E-state index contributed by atoms with van der Waals surface area (Å²) in [6, 6.07) is 4.76. The molecule has 1 atom stereocenters. The van der Waals surface area contributed by atoms with Crippen molar-refractivity contribution in [1.29, 1.82) is 0 Å². The van der Waals surface area contributed by atoms with Crippen LogP contribution in [0.5, 0.6) is 5.75 Å².